The van der Waals surface area contributed by atoms with E-state index < -0.39 is 6.89 Å². The van der Waals surface area contributed by atoms with Gasteiger partial charge in [0.1, 0.15) is 0 Å². The fraction of sp³-hybridized carbons (Fsp3) is 0.0312. The highest BCUT2D eigenvalue weighted by atomic mass is 32.1. The van der Waals surface area contributed by atoms with Crippen molar-refractivity contribution in [3.05, 3.63) is 155 Å². The lowest BCUT2D eigenvalue weighted by Gasteiger charge is -2.31. The van der Waals surface area contributed by atoms with Crippen LogP contribution in [0.1, 0.15) is 21.1 Å². The number of hydrogen-bond donors (Lipinski definition) is 0. The van der Waals surface area contributed by atoms with Gasteiger partial charge in [0.2, 0.25) is 5.78 Å². The molecule has 0 bridgehead atoms. The molecule has 0 radical (unpaired) electrons. The molecule has 39 heavy (non-hydrogen) atoms. The van der Waals surface area contributed by atoms with E-state index in [9.17, 15) is 4.79 Å². The lowest BCUT2D eigenvalue weighted by molar-refractivity contribution is 0.107. The highest BCUT2D eigenvalue weighted by Crippen LogP contribution is 2.48. The molecule has 0 saturated carbocycles. The van der Waals surface area contributed by atoms with Crippen molar-refractivity contribution in [3.63, 3.8) is 0 Å². The van der Waals surface area contributed by atoms with Crippen LogP contribution in [0, 0.1) is 0 Å². The minimum atomic E-state index is -2.77. The monoisotopic (exact) mass is 544 g/mol. The largest absolute Gasteiger partial charge is 0.287 e. The molecule has 190 valence electrons. The summed E-state index contributed by atoms with van der Waals surface area (Å²) >= 11 is 1.44. The maximum absolute atomic E-state index is 14.8. The molecule has 0 aliphatic rings. The van der Waals surface area contributed by atoms with Gasteiger partial charge in [-0.3, -0.25) is 4.79 Å². The van der Waals surface area contributed by atoms with Crippen molar-refractivity contribution in [1.29, 1.82) is 0 Å². The van der Waals surface area contributed by atoms with Gasteiger partial charge < -0.3 is 0 Å². The topological polar surface area (TPSA) is 60.7 Å². The molecule has 0 amide bonds. The van der Waals surface area contributed by atoms with Crippen LogP contribution in [0.4, 0.5) is 0 Å². The number of nitrogens with zero attached hydrogens (tertiary/aromatic N) is 4. The van der Waals surface area contributed by atoms with E-state index in [1.54, 1.807) is 4.68 Å². The first-order valence-corrected chi connectivity index (χ1v) is 15.3. The molecule has 2 aromatic heterocycles. The van der Waals surface area contributed by atoms with E-state index in [0.29, 0.717) is 22.5 Å². The quantitative estimate of drug-likeness (QED) is 0.196. The molecule has 6 rings (SSSR count). The number of thiophene rings is 1. The molecule has 0 aliphatic carbocycles. The van der Waals surface area contributed by atoms with E-state index in [1.165, 1.54) is 11.3 Å². The standard InChI is InChI=1S/C32H25N4OPS/c37-30(29-22-13-23-39-29)31(32-33-34-35-36(32)24-25-14-5-1-6-15-25)38(26-16-7-2-8-17-26,27-18-9-3-10-19-27)28-20-11-4-12-21-28/h1-23H,24H2. The molecule has 7 heteroatoms. The van der Waals surface area contributed by atoms with Gasteiger partial charge in [0.25, 0.3) is 0 Å². The van der Waals surface area contributed by atoms with Crippen molar-refractivity contribution in [2.75, 3.05) is 0 Å². The fourth-order valence-corrected chi connectivity index (χ4v) is 10.1. The summed E-state index contributed by atoms with van der Waals surface area (Å²) in [5.41, 5.74) is 1.05. The predicted octanol–water partition coefficient (Wildman–Crippen LogP) is 5.18. The maximum Gasteiger partial charge on any atom is 0.207 e. The van der Waals surface area contributed by atoms with Crippen LogP contribution in [-0.4, -0.2) is 31.3 Å². The Morgan fingerprint density at radius 3 is 1.67 bits per heavy atom. The lowest BCUT2D eigenvalue weighted by atomic mass is 10.2. The van der Waals surface area contributed by atoms with E-state index in [0.717, 1.165) is 21.5 Å². The first kappa shape index (κ1) is 24.9. The third-order valence-corrected chi connectivity index (χ3v) is 11.8. The van der Waals surface area contributed by atoms with Gasteiger partial charge in [-0.05, 0) is 50.2 Å². The summed E-state index contributed by atoms with van der Waals surface area (Å²) in [4.78, 5) is 15.4. The number of rotatable bonds is 8. The number of carbonyl (C=O) groups excluding carboxylic acids is 1. The van der Waals surface area contributed by atoms with Crippen LogP contribution in [0.25, 0.3) is 0 Å². The van der Waals surface area contributed by atoms with Crippen LogP contribution < -0.4 is 15.9 Å². The van der Waals surface area contributed by atoms with E-state index in [2.05, 4.69) is 51.9 Å². The molecular formula is C32H25N4OPS. The SMILES string of the molecule is O=C(C(c1nnnn1Cc1ccccc1)=P(c1ccccc1)(c1ccccc1)c1ccccc1)c1cccs1. The summed E-state index contributed by atoms with van der Waals surface area (Å²) in [5.74, 6) is 0.432. The van der Waals surface area contributed by atoms with Crippen molar-refractivity contribution in [1.82, 2.24) is 20.2 Å². The van der Waals surface area contributed by atoms with E-state index in [1.807, 2.05) is 102 Å². The highest BCUT2D eigenvalue weighted by molar-refractivity contribution is 7.97. The van der Waals surface area contributed by atoms with Crippen LogP contribution >= 0.6 is 18.2 Å². The zero-order valence-corrected chi connectivity index (χ0v) is 22.7. The van der Waals surface area contributed by atoms with Gasteiger partial charge in [0.05, 0.1) is 16.7 Å². The highest BCUT2D eigenvalue weighted by Gasteiger charge is 2.37. The predicted molar refractivity (Wildman–Crippen MR) is 161 cm³/mol. The molecule has 0 N–H and O–H groups in total. The van der Waals surface area contributed by atoms with E-state index >= 15 is 0 Å². The molecule has 0 spiro atoms. The fourth-order valence-electron chi connectivity index (χ4n) is 4.95. The molecule has 5 nitrogen and oxygen atoms in total. The van der Waals surface area contributed by atoms with Crippen molar-refractivity contribution in [2.24, 2.45) is 0 Å². The van der Waals surface area contributed by atoms with Crippen LogP contribution in [0.15, 0.2) is 139 Å². The normalized spacial score (nSPS) is 11.3. The van der Waals surface area contributed by atoms with Crippen LogP contribution in [0.2, 0.25) is 0 Å². The van der Waals surface area contributed by atoms with Crippen LogP contribution in [0.5, 0.6) is 0 Å². The maximum atomic E-state index is 14.8. The van der Waals surface area contributed by atoms with Crippen molar-refractivity contribution in [3.8, 4) is 0 Å². The molecule has 0 fully saturated rings. The molecule has 0 saturated heterocycles. The van der Waals surface area contributed by atoms with Gasteiger partial charge in [-0.1, -0.05) is 127 Å². The Hall–Kier alpha value is -4.38. The number of aromatic nitrogens is 4. The molecule has 0 aliphatic heterocycles. The van der Waals surface area contributed by atoms with Gasteiger partial charge in [-0.15, -0.1) is 16.4 Å². The zero-order chi connectivity index (χ0) is 26.5. The Morgan fingerprint density at radius 2 is 1.18 bits per heavy atom. The summed E-state index contributed by atoms with van der Waals surface area (Å²) in [6.45, 7) is -2.32. The van der Waals surface area contributed by atoms with Crippen LogP contribution in [-0.2, 0) is 6.54 Å². The summed E-state index contributed by atoms with van der Waals surface area (Å²) in [6.07, 6.45) is 0. The number of tetrazole rings is 1. The second-order valence-corrected chi connectivity index (χ2v) is 13.3. The zero-order valence-electron chi connectivity index (χ0n) is 21.0. The van der Waals surface area contributed by atoms with Crippen molar-refractivity contribution < 1.29 is 4.79 Å². The van der Waals surface area contributed by atoms with E-state index in [4.69, 9.17) is 0 Å². The average Bonchev–Trinajstić information content (AvgIpc) is 3.71. The number of benzene rings is 4. The van der Waals surface area contributed by atoms with Gasteiger partial charge >= 0.3 is 0 Å². The Bertz CT molecular complexity index is 1630. The van der Waals surface area contributed by atoms with Gasteiger partial charge in [0.15, 0.2) is 5.82 Å². The number of ketones is 1. The first-order valence-electron chi connectivity index (χ1n) is 12.6. The molecule has 2 heterocycles. The minimum absolute atomic E-state index is 0.0565. The molecule has 6 aromatic rings. The average molecular weight is 545 g/mol. The van der Waals surface area contributed by atoms with Crippen molar-refractivity contribution in [2.45, 2.75) is 6.54 Å². The number of hydrogen-bond acceptors (Lipinski definition) is 5. The minimum Gasteiger partial charge on any atom is -0.287 e. The number of Topliss-reactive ketones (excluding diaryl/α,β-unsaturated/α-hetero) is 1. The van der Waals surface area contributed by atoms with Crippen molar-refractivity contribution >= 4 is 45.2 Å². The van der Waals surface area contributed by atoms with Gasteiger partial charge in [-0.25, -0.2) is 4.68 Å². The molecule has 0 unspecified atom stereocenters. The molecule has 4 aromatic carbocycles. The summed E-state index contributed by atoms with van der Waals surface area (Å²) in [6, 6.07) is 44.9. The Balaban J connectivity index is 1.80. The van der Waals surface area contributed by atoms with Gasteiger partial charge in [-0.2, -0.15) is 0 Å². The lowest BCUT2D eigenvalue weighted by Crippen LogP contribution is -2.35. The Kier molecular flexibility index (Phi) is 7.13. The number of carbonyl (C=O) groups is 1. The molecular weight excluding hydrogens is 519 g/mol. The van der Waals surface area contributed by atoms with Crippen LogP contribution in [0.3, 0.4) is 0 Å². The van der Waals surface area contributed by atoms with Gasteiger partial charge in [0, 0.05) is 0 Å². The second kappa shape index (κ2) is 11.2. The summed E-state index contributed by atoms with van der Waals surface area (Å²) in [7, 11) is 0. The third-order valence-electron chi connectivity index (χ3n) is 6.64. The molecule has 0 atom stereocenters. The smallest absolute Gasteiger partial charge is 0.207 e. The first-order chi connectivity index (χ1) is 19.3. The summed E-state index contributed by atoms with van der Waals surface area (Å²) < 4.78 is 1.76. The summed E-state index contributed by atoms with van der Waals surface area (Å²) in [5, 5.41) is 18.8. The van der Waals surface area contributed by atoms with E-state index in [-0.39, 0.29) is 5.78 Å². The Labute approximate surface area is 231 Å². The third kappa shape index (κ3) is 4.69. The second-order valence-electron chi connectivity index (χ2n) is 8.98. The Morgan fingerprint density at radius 1 is 0.667 bits per heavy atom.